The Morgan fingerprint density at radius 3 is 2.16 bits per heavy atom. The number of hydroxylamine groups is 2. The summed E-state index contributed by atoms with van der Waals surface area (Å²) in [6.07, 6.45) is -7.33. The zero-order valence-corrected chi connectivity index (χ0v) is 25.1. The number of hydrogen-bond acceptors (Lipinski definition) is 11. The first kappa shape index (κ1) is 33.8. The average molecular weight is 639 g/mol. The standard InChI is InChI=1S/C29H33F3N4O9/c1-17-24(40-3)25(41-4)26(42-5)28(43-17)45-36(22(37)14-23(38)39-2)15-18-6-8-19(9-7-18)27-33-16-35(34-27)20-10-12-21(13-11-20)44-29(30,31)32/h6-13,16-17,24-26,28H,14-15H2,1-5H3/t17-,24-,25-,26-,28-/m0/s1. The summed E-state index contributed by atoms with van der Waals surface area (Å²) >= 11 is 0. The first-order valence-electron chi connectivity index (χ1n) is 13.6. The monoisotopic (exact) mass is 638 g/mol. The fourth-order valence-corrected chi connectivity index (χ4v) is 4.74. The topological polar surface area (TPSA) is 133 Å². The van der Waals surface area contributed by atoms with E-state index in [4.69, 9.17) is 23.8 Å². The number of aromatic nitrogens is 3. The van der Waals surface area contributed by atoms with Crippen LogP contribution in [0.5, 0.6) is 5.75 Å². The zero-order chi connectivity index (χ0) is 32.7. The summed E-state index contributed by atoms with van der Waals surface area (Å²) in [7, 11) is 5.65. The molecule has 0 aliphatic carbocycles. The van der Waals surface area contributed by atoms with E-state index in [0.717, 1.165) is 5.06 Å². The van der Waals surface area contributed by atoms with Gasteiger partial charge in [0.15, 0.2) is 5.82 Å². The fourth-order valence-electron chi connectivity index (χ4n) is 4.74. The summed E-state index contributed by atoms with van der Waals surface area (Å²) in [4.78, 5) is 35.3. The molecule has 2 aromatic carbocycles. The molecule has 0 radical (unpaired) electrons. The summed E-state index contributed by atoms with van der Waals surface area (Å²) in [5.74, 6) is -1.43. The number of rotatable bonds is 12. The second-order valence-corrected chi connectivity index (χ2v) is 9.85. The highest BCUT2D eigenvalue weighted by atomic mass is 19.4. The van der Waals surface area contributed by atoms with Crippen LogP contribution in [0, 0.1) is 0 Å². The van der Waals surface area contributed by atoms with Gasteiger partial charge in [0.05, 0.1) is 25.4 Å². The van der Waals surface area contributed by atoms with E-state index in [1.54, 1.807) is 31.2 Å². The lowest BCUT2D eigenvalue weighted by Gasteiger charge is -2.44. The van der Waals surface area contributed by atoms with Crippen molar-refractivity contribution in [1.29, 1.82) is 0 Å². The molecule has 4 rings (SSSR count). The fraction of sp³-hybridized carbons (Fsp3) is 0.448. The number of carbonyl (C=O) groups excluding carboxylic acids is 2. The molecular formula is C29H33F3N4O9. The third kappa shape index (κ3) is 8.55. The number of ether oxygens (including phenoxy) is 6. The zero-order valence-electron chi connectivity index (χ0n) is 25.1. The number of alkyl halides is 3. The smallest absolute Gasteiger partial charge is 0.469 e. The Balaban J connectivity index is 1.49. The van der Waals surface area contributed by atoms with Gasteiger partial charge in [-0.3, -0.25) is 9.59 Å². The van der Waals surface area contributed by atoms with Crippen molar-refractivity contribution in [2.45, 2.75) is 57.0 Å². The van der Waals surface area contributed by atoms with E-state index in [9.17, 15) is 22.8 Å². The predicted octanol–water partition coefficient (Wildman–Crippen LogP) is 3.45. The van der Waals surface area contributed by atoms with Crippen LogP contribution in [0.3, 0.4) is 0 Å². The van der Waals surface area contributed by atoms with Crippen LogP contribution in [-0.2, 0) is 44.7 Å². The van der Waals surface area contributed by atoms with Gasteiger partial charge in [0.2, 0.25) is 6.29 Å². The van der Waals surface area contributed by atoms with E-state index < -0.39 is 55.4 Å². The molecule has 0 N–H and O–H groups in total. The number of carbonyl (C=O) groups is 2. The van der Waals surface area contributed by atoms with E-state index in [-0.39, 0.29) is 12.3 Å². The lowest BCUT2D eigenvalue weighted by molar-refractivity contribution is -0.357. The summed E-state index contributed by atoms with van der Waals surface area (Å²) in [5, 5.41) is 5.40. The maximum Gasteiger partial charge on any atom is 0.573 e. The molecule has 5 atom stereocenters. The van der Waals surface area contributed by atoms with E-state index in [0.29, 0.717) is 22.6 Å². The van der Waals surface area contributed by atoms with Gasteiger partial charge in [-0.2, -0.15) is 0 Å². The largest absolute Gasteiger partial charge is 0.573 e. The van der Waals surface area contributed by atoms with Crippen LogP contribution in [0.1, 0.15) is 18.9 Å². The second kappa shape index (κ2) is 14.8. The van der Waals surface area contributed by atoms with Crippen molar-refractivity contribution < 1.29 is 56.0 Å². The summed E-state index contributed by atoms with van der Waals surface area (Å²) in [6.45, 7) is 1.70. The second-order valence-electron chi connectivity index (χ2n) is 9.85. The van der Waals surface area contributed by atoms with Crippen molar-refractivity contribution in [3.05, 3.63) is 60.4 Å². The quantitative estimate of drug-likeness (QED) is 0.164. The minimum atomic E-state index is -4.79. The van der Waals surface area contributed by atoms with Gasteiger partial charge in [-0.15, -0.1) is 18.3 Å². The molecule has 16 heteroatoms. The summed E-state index contributed by atoms with van der Waals surface area (Å²) in [5.41, 5.74) is 1.73. The van der Waals surface area contributed by atoms with Gasteiger partial charge >= 0.3 is 12.3 Å². The first-order valence-corrected chi connectivity index (χ1v) is 13.6. The predicted molar refractivity (Wildman–Crippen MR) is 148 cm³/mol. The third-order valence-corrected chi connectivity index (χ3v) is 6.94. The maximum atomic E-state index is 13.1. The highest BCUT2D eigenvalue weighted by Crippen LogP contribution is 2.29. The van der Waals surface area contributed by atoms with Crippen molar-refractivity contribution in [1.82, 2.24) is 19.8 Å². The Hall–Kier alpha value is -4.09. The van der Waals surface area contributed by atoms with Gasteiger partial charge in [-0.25, -0.2) is 19.6 Å². The third-order valence-electron chi connectivity index (χ3n) is 6.94. The summed E-state index contributed by atoms with van der Waals surface area (Å²) in [6, 6.07) is 12.1. The van der Waals surface area contributed by atoms with Crippen molar-refractivity contribution in [3.63, 3.8) is 0 Å². The molecule has 1 aliphatic heterocycles. The lowest BCUT2D eigenvalue weighted by Crippen LogP contribution is -2.60. The molecule has 1 saturated heterocycles. The minimum absolute atomic E-state index is 0.0691. The molecule has 0 bridgehead atoms. The van der Waals surface area contributed by atoms with E-state index >= 15 is 0 Å². The number of methoxy groups -OCH3 is 4. The normalized spacial score (nSPS) is 21.7. The number of esters is 1. The number of hydrogen-bond donors (Lipinski definition) is 0. The molecule has 0 saturated carbocycles. The van der Waals surface area contributed by atoms with Crippen LogP contribution in [-0.4, -0.2) is 97.2 Å². The number of amides is 1. The Bertz CT molecular complexity index is 1420. The molecule has 1 fully saturated rings. The molecule has 0 unspecified atom stereocenters. The van der Waals surface area contributed by atoms with E-state index in [1.807, 2.05) is 0 Å². The number of benzene rings is 2. The Morgan fingerprint density at radius 2 is 1.58 bits per heavy atom. The Labute approximate surface area is 256 Å². The van der Waals surface area contributed by atoms with Crippen LogP contribution in [0.15, 0.2) is 54.9 Å². The average Bonchev–Trinajstić information content (AvgIpc) is 3.50. The van der Waals surface area contributed by atoms with Crippen molar-refractivity contribution in [3.8, 4) is 22.8 Å². The van der Waals surface area contributed by atoms with Gasteiger partial charge < -0.3 is 28.4 Å². The molecule has 2 heterocycles. The van der Waals surface area contributed by atoms with Crippen molar-refractivity contribution >= 4 is 11.9 Å². The van der Waals surface area contributed by atoms with E-state index in [1.165, 1.54) is 63.7 Å². The Kier molecular flexibility index (Phi) is 11.1. The van der Waals surface area contributed by atoms with Gasteiger partial charge in [0, 0.05) is 26.9 Å². The SMILES string of the molecule is COC(=O)CC(=O)N(Cc1ccc(-c2ncn(-c3ccc(OC(F)(F)F)cc3)n2)cc1)O[C@@H]1O[C@@H](C)[C@H](OC)[C@H](OC)[C@@H]1OC. The number of halogens is 3. The first-order chi connectivity index (χ1) is 21.5. The number of nitrogens with zero attached hydrogens (tertiary/aromatic N) is 4. The van der Waals surface area contributed by atoms with Gasteiger partial charge in [0.1, 0.15) is 36.8 Å². The van der Waals surface area contributed by atoms with Crippen molar-refractivity contribution in [2.75, 3.05) is 28.4 Å². The summed E-state index contributed by atoms with van der Waals surface area (Å²) < 4.78 is 70.0. The van der Waals surface area contributed by atoms with Crippen LogP contribution in [0.4, 0.5) is 13.2 Å². The molecule has 244 valence electrons. The van der Waals surface area contributed by atoms with Gasteiger partial charge in [-0.1, -0.05) is 24.3 Å². The molecule has 3 aromatic rings. The highest BCUT2D eigenvalue weighted by molar-refractivity contribution is 5.93. The van der Waals surface area contributed by atoms with Gasteiger partial charge in [0.25, 0.3) is 5.91 Å². The van der Waals surface area contributed by atoms with Crippen LogP contribution < -0.4 is 4.74 Å². The Morgan fingerprint density at radius 1 is 0.933 bits per heavy atom. The molecule has 0 spiro atoms. The molecule has 1 aromatic heterocycles. The molecule has 45 heavy (non-hydrogen) atoms. The van der Waals surface area contributed by atoms with E-state index in [2.05, 4.69) is 19.6 Å². The van der Waals surface area contributed by atoms with Crippen LogP contribution in [0.25, 0.3) is 17.1 Å². The highest BCUT2D eigenvalue weighted by Gasteiger charge is 2.47. The van der Waals surface area contributed by atoms with Crippen LogP contribution in [0.2, 0.25) is 0 Å². The molecule has 1 amide bonds. The van der Waals surface area contributed by atoms with Gasteiger partial charge in [-0.05, 0) is 36.8 Å². The molecular weight excluding hydrogens is 605 g/mol. The van der Waals surface area contributed by atoms with Crippen LogP contribution >= 0.6 is 0 Å². The molecule has 1 aliphatic rings. The maximum absolute atomic E-state index is 13.1. The lowest BCUT2D eigenvalue weighted by atomic mass is 9.99. The van der Waals surface area contributed by atoms with Crippen molar-refractivity contribution in [2.24, 2.45) is 0 Å². The minimum Gasteiger partial charge on any atom is -0.469 e. The molecule has 13 nitrogen and oxygen atoms in total.